The standard InChI is InChI=1S/C7H15N.H2/c1-2-8-7-5-3-4-6-7;/h7-8H,2-6H2,1H3;1H. The van der Waals surface area contributed by atoms with Crippen LogP contribution in [-0.2, 0) is 0 Å². The minimum absolute atomic E-state index is 0. The second-order valence-corrected chi connectivity index (χ2v) is 2.54. The molecule has 0 atom stereocenters. The summed E-state index contributed by atoms with van der Waals surface area (Å²) in [6, 6.07) is 0.861. The minimum Gasteiger partial charge on any atom is -0.314 e. The predicted molar refractivity (Wildman–Crippen MR) is 38.0 cm³/mol. The van der Waals surface area contributed by atoms with E-state index in [0.717, 1.165) is 12.6 Å². The molecular weight excluding hydrogens is 98.1 g/mol. The summed E-state index contributed by atoms with van der Waals surface area (Å²) in [6.07, 6.45) is 5.71. The maximum Gasteiger partial charge on any atom is 0.00669 e. The van der Waals surface area contributed by atoms with E-state index in [2.05, 4.69) is 12.2 Å². The molecule has 0 aromatic carbocycles. The Morgan fingerprint density at radius 3 is 2.62 bits per heavy atom. The van der Waals surface area contributed by atoms with Gasteiger partial charge in [-0.25, -0.2) is 0 Å². The highest BCUT2D eigenvalue weighted by atomic mass is 14.9. The largest absolute Gasteiger partial charge is 0.314 e. The molecule has 50 valence electrons. The fraction of sp³-hybridized carbons (Fsp3) is 1.00. The molecule has 0 aromatic rings. The van der Waals surface area contributed by atoms with E-state index in [1.165, 1.54) is 25.7 Å². The summed E-state index contributed by atoms with van der Waals surface area (Å²) in [5.74, 6) is 0. The molecule has 0 saturated heterocycles. The second-order valence-electron chi connectivity index (χ2n) is 2.54. The third-order valence-corrected chi connectivity index (χ3v) is 1.85. The molecule has 0 radical (unpaired) electrons. The van der Waals surface area contributed by atoms with Crippen LogP contribution in [-0.4, -0.2) is 12.6 Å². The Morgan fingerprint density at radius 2 is 2.12 bits per heavy atom. The van der Waals surface area contributed by atoms with Crippen LogP contribution in [0.3, 0.4) is 0 Å². The lowest BCUT2D eigenvalue weighted by Crippen LogP contribution is -2.24. The molecule has 1 aliphatic carbocycles. The van der Waals surface area contributed by atoms with E-state index >= 15 is 0 Å². The van der Waals surface area contributed by atoms with Gasteiger partial charge in [-0.2, -0.15) is 0 Å². The molecule has 1 rings (SSSR count). The Hall–Kier alpha value is -0.0400. The lowest BCUT2D eigenvalue weighted by molar-refractivity contribution is 0.542. The number of nitrogens with one attached hydrogen (secondary N) is 1. The van der Waals surface area contributed by atoms with Crippen LogP contribution in [0.25, 0.3) is 0 Å². The van der Waals surface area contributed by atoms with Crippen molar-refractivity contribution in [2.24, 2.45) is 0 Å². The van der Waals surface area contributed by atoms with Gasteiger partial charge in [0.05, 0.1) is 0 Å². The van der Waals surface area contributed by atoms with Crippen LogP contribution in [0, 0.1) is 0 Å². The summed E-state index contributed by atoms with van der Waals surface area (Å²) >= 11 is 0. The SMILES string of the molecule is CCNC1CCCC1.[HH]. The van der Waals surface area contributed by atoms with Gasteiger partial charge >= 0.3 is 0 Å². The summed E-state index contributed by atoms with van der Waals surface area (Å²) in [4.78, 5) is 0. The van der Waals surface area contributed by atoms with Crippen molar-refractivity contribution in [3.63, 3.8) is 0 Å². The van der Waals surface area contributed by atoms with Crippen LogP contribution >= 0.6 is 0 Å². The number of hydrogen-bond acceptors (Lipinski definition) is 1. The molecule has 1 aliphatic rings. The third-order valence-electron chi connectivity index (χ3n) is 1.85. The van der Waals surface area contributed by atoms with Gasteiger partial charge in [-0.1, -0.05) is 19.8 Å². The second kappa shape index (κ2) is 3.08. The van der Waals surface area contributed by atoms with Gasteiger partial charge < -0.3 is 5.32 Å². The van der Waals surface area contributed by atoms with Gasteiger partial charge in [-0.05, 0) is 19.4 Å². The quantitative estimate of drug-likeness (QED) is 0.578. The van der Waals surface area contributed by atoms with Gasteiger partial charge in [-0.3, -0.25) is 0 Å². The van der Waals surface area contributed by atoms with Crippen molar-refractivity contribution in [1.82, 2.24) is 5.32 Å². The first kappa shape index (κ1) is 6.09. The molecular formula is C7H17N. The van der Waals surface area contributed by atoms with E-state index in [9.17, 15) is 0 Å². The van der Waals surface area contributed by atoms with Crippen molar-refractivity contribution in [3.8, 4) is 0 Å². The Labute approximate surface area is 53.0 Å². The Bertz CT molecular complexity index is 59.9. The van der Waals surface area contributed by atoms with Crippen molar-refractivity contribution in [2.45, 2.75) is 38.6 Å². The zero-order valence-corrected chi connectivity index (χ0v) is 5.61. The summed E-state index contributed by atoms with van der Waals surface area (Å²) in [7, 11) is 0. The Kier molecular flexibility index (Phi) is 2.34. The maximum atomic E-state index is 3.44. The molecule has 0 unspecified atom stereocenters. The van der Waals surface area contributed by atoms with E-state index in [1.807, 2.05) is 0 Å². The van der Waals surface area contributed by atoms with Crippen molar-refractivity contribution in [3.05, 3.63) is 0 Å². The zero-order valence-electron chi connectivity index (χ0n) is 5.61. The molecule has 0 heterocycles. The average molecular weight is 115 g/mol. The number of rotatable bonds is 2. The molecule has 1 saturated carbocycles. The smallest absolute Gasteiger partial charge is 0.00669 e. The predicted octanol–water partition coefficient (Wildman–Crippen LogP) is 1.78. The van der Waals surface area contributed by atoms with Crippen LogP contribution < -0.4 is 5.32 Å². The average Bonchev–Trinajstić information content (AvgIpc) is 2.19. The van der Waals surface area contributed by atoms with Gasteiger partial charge in [0.15, 0.2) is 0 Å². The summed E-state index contributed by atoms with van der Waals surface area (Å²) in [5, 5.41) is 3.44. The molecule has 1 fully saturated rings. The molecule has 1 nitrogen and oxygen atoms in total. The van der Waals surface area contributed by atoms with Crippen molar-refractivity contribution in [2.75, 3.05) is 6.54 Å². The Balaban J connectivity index is 0.000000640. The normalized spacial score (nSPS) is 22.1. The van der Waals surface area contributed by atoms with Gasteiger partial charge in [0.2, 0.25) is 0 Å². The summed E-state index contributed by atoms with van der Waals surface area (Å²) in [6.45, 7) is 3.32. The lowest BCUT2D eigenvalue weighted by Gasteiger charge is -2.07. The van der Waals surface area contributed by atoms with Crippen LogP contribution in [0.15, 0.2) is 0 Å². The van der Waals surface area contributed by atoms with E-state index < -0.39 is 0 Å². The molecule has 0 aromatic heterocycles. The first-order valence-corrected chi connectivity index (χ1v) is 3.67. The van der Waals surface area contributed by atoms with Crippen LogP contribution in [0.4, 0.5) is 0 Å². The molecule has 1 heteroatoms. The van der Waals surface area contributed by atoms with E-state index in [4.69, 9.17) is 0 Å². The highest BCUT2D eigenvalue weighted by molar-refractivity contribution is 4.72. The molecule has 0 spiro atoms. The van der Waals surface area contributed by atoms with Crippen molar-refractivity contribution >= 4 is 0 Å². The molecule has 0 aliphatic heterocycles. The maximum absolute atomic E-state index is 3.44. The summed E-state index contributed by atoms with van der Waals surface area (Å²) in [5.41, 5.74) is 0. The van der Waals surface area contributed by atoms with Gasteiger partial charge in [0.1, 0.15) is 0 Å². The van der Waals surface area contributed by atoms with Crippen molar-refractivity contribution < 1.29 is 1.43 Å². The van der Waals surface area contributed by atoms with E-state index in [-0.39, 0.29) is 1.43 Å². The van der Waals surface area contributed by atoms with Gasteiger partial charge in [0, 0.05) is 7.47 Å². The molecule has 8 heavy (non-hydrogen) atoms. The van der Waals surface area contributed by atoms with Crippen LogP contribution in [0.5, 0.6) is 0 Å². The molecule has 0 bridgehead atoms. The van der Waals surface area contributed by atoms with Crippen molar-refractivity contribution in [1.29, 1.82) is 0 Å². The molecule has 0 amide bonds. The van der Waals surface area contributed by atoms with Gasteiger partial charge in [-0.15, -0.1) is 0 Å². The van der Waals surface area contributed by atoms with Gasteiger partial charge in [0.25, 0.3) is 0 Å². The third kappa shape index (κ3) is 1.48. The topological polar surface area (TPSA) is 12.0 Å². The Morgan fingerprint density at radius 1 is 1.50 bits per heavy atom. The van der Waals surface area contributed by atoms with Crippen LogP contribution in [0.1, 0.15) is 34.0 Å². The fourth-order valence-corrected chi connectivity index (χ4v) is 1.42. The highest BCUT2D eigenvalue weighted by Crippen LogP contribution is 2.16. The van der Waals surface area contributed by atoms with E-state index in [0.29, 0.717) is 0 Å². The van der Waals surface area contributed by atoms with E-state index in [1.54, 1.807) is 0 Å². The fourth-order valence-electron chi connectivity index (χ4n) is 1.42. The monoisotopic (exact) mass is 115 g/mol. The first-order chi connectivity index (χ1) is 3.93. The highest BCUT2D eigenvalue weighted by Gasteiger charge is 2.11. The minimum atomic E-state index is 0. The first-order valence-electron chi connectivity index (χ1n) is 3.67. The lowest BCUT2D eigenvalue weighted by atomic mass is 10.2. The summed E-state index contributed by atoms with van der Waals surface area (Å²) < 4.78 is 0. The molecule has 1 N–H and O–H groups in total. The number of hydrogen-bond donors (Lipinski definition) is 1. The van der Waals surface area contributed by atoms with Crippen LogP contribution in [0.2, 0.25) is 0 Å². The zero-order chi connectivity index (χ0) is 5.82.